The van der Waals surface area contributed by atoms with Gasteiger partial charge in [-0.2, -0.15) is 0 Å². The van der Waals surface area contributed by atoms with Crippen molar-refractivity contribution in [2.75, 3.05) is 11.9 Å². The van der Waals surface area contributed by atoms with E-state index >= 15 is 0 Å². The van der Waals surface area contributed by atoms with Gasteiger partial charge in [0.15, 0.2) is 0 Å². The van der Waals surface area contributed by atoms with E-state index in [-0.39, 0.29) is 5.54 Å². The van der Waals surface area contributed by atoms with Gasteiger partial charge < -0.3 is 11.1 Å². The average molecular weight is 373 g/mol. The summed E-state index contributed by atoms with van der Waals surface area (Å²) in [5, 5.41) is 16.0. The molecule has 0 aliphatic heterocycles. The lowest BCUT2D eigenvalue weighted by atomic mass is 10.1. The lowest BCUT2D eigenvalue weighted by Gasteiger charge is -2.12. The number of nitrogens with zero attached hydrogens (tertiary/aromatic N) is 3. The van der Waals surface area contributed by atoms with Crippen molar-refractivity contribution in [3.05, 3.63) is 72.6 Å². The average Bonchev–Trinajstić information content (AvgIpc) is 3.17. The van der Waals surface area contributed by atoms with E-state index in [1.807, 2.05) is 18.3 Å². The monoisotopic (exact) mass is 373 g/mol. The van der Waals surface area contributed by atoms with Crippen LogP contribution in [0.4, 0.5) is 5.13 Å². The maximum atomic E-state index is 6.54. The molecule has 0 unspecified atom stereocenters. The van der Waals surface area contributed by atoms with Crippen LogP contribution in [0, 0.1) is 0 Å². The summed E-state index contributed by atoms with van der Waals surface area (Å²) in [6.45, 7) is 0.699. The number of anilines is 1. The molecular weight excluding hydrogens is 354 g/mol. The molecule has 1 fully saturated rings. The SMILES string of the molecule is N[C@@]1(CNc2nnc(-c3ccc4cnccc4c3)s2)C[C@H]1c1ccccc1. The highest BCUT2D eigenvalue weighted by Gasteiger charge is 2.51. The largest absolute Gasteiger partial charge is 0.358 e. The summed E-state index contributed by atoms with van der Waals surface area (Å²) >= 11 is 1.56. The van der Waals surface area contributed by atoms with E-state index in [0.717, 1.165) is 32.9 Å². The fourth-order valence-electron chi connectivity index (χ4n) is 3.52. The molecule has 1 aliphatic carbocycles. The second-order valence-corrected chi connectivity index (χ2v) is 8.08. The fourth-order valence-corrected chi connectivity index (χ4v) is 4.26. The van der Waals surface area contributed by atoms with Crippen LogP contribution in [0.3, 0.4) is 0 Å². The van der Waals surface area contributed by atoms with Gasteiger partial charge in [-0.3, -0.25) is 4.98 Å². The number of hydrogen-bond donors (Lipinski definition) is 2. The summed E-state index contributed by atoms with van der Waals surface area (Å²) in [5.74, 6) is 0.410. The van der Waals surface area contributed by atoms with Crippen LogP contribution < -0.4 is 11.1 Å². The number of rotatable bonds is 5. The number of pyridine rings is 1. The number of benzene rings is 2. The van der Waals surface area contributed by atoms with E-state index in [4.69, 9.17) is 5.73 Å². The van der Waals surface area contributed by atoms with Crippen molar-refractivity contribution >= 4 is 27.2 Å². The molecular formula is C21H19N5S. The quantitative estimate of drug-likeness (QED) is 0.552. The summed E-state index contributed by atoms with van der Waals surface area (Å²) < 4.78 is 0. The minimum Gasteiger partial charge on any atom is -0.358 e. The smallest absolute Gasteiger partial charge is 0.206 e. The Morgan fingerprint density at radius 1 is 1.07 bits per heavy atom. The van der Waals surface area contributed by atoms with Gasteiger partial charge in [-0.15, -0.1) is 10.2 Å². The van der Waals surface area contributed by atoms with E-state index in [1.54, 1.807) is 17.5 Å². The summed E-state index contributed by atoms with van der Waals surface area (Å²) in [5.41, 5.74) is 8.71. The van der Waals surface area contributed by atoms with Crippen LogP contribution >= 0.6 is 11.3 Å². The van der Waals surface area contributed by atoms with Crippen molar-refractivity contribution in [3.8, 4) is 10.6 Å². The Balaban J connectivity index is 1.28. The third-order valence-corrected chi connectivity index (χ3v) is 6.13. The van der Waals surface area contributed by atoms with E-state index in [9.17, 15) is 0 Å². The number of fused-ring (bicyclic) bond motifs is 1. The molecule has 0 bridgehead atoms. The van der Waals surface area contributed by atoms with Crippen LogP contribution in [0.15, 0.2) is 67.0 Å². The molecule has 27 heavy (non-hydrogen) atoms. The third kappa shape index (κ3) is 3.18. The van der Waals surface area contributed by atoms with Crippen molar-refractivity contribution in [2.24, 2.45) is 5.73 Å². The molecule has 1 saturated carbocycles. The van der Waals surface area contributed by atoms with Crippen molar-refractivity contribution in [3.63, 3.8) is 0 Å². The van der Waals surface area contributed by atoms with Crippen LogP contribution in [-0.2, 0) is 0 Å². The molecule has 134 valence electrons. The summed E-state index contributed by atoms with van der Waals surface area (Å²) in [4.78, 5) is 4.15. The Morgan fingerprint density at radius 3 is 2.85 bits per heavy atom. The normalized spacial score (nSPS) is 21.3. The van der Waals surface area contributed by atoms with Crippen molar-refractivity contribution in [1.29, 1.82) is 0 Å². The molecule has 2 heterocycles. The molecule has 3 N–H and O–H groups in total. The molecule has 0 radical (unpaired) electrons. The van der Waals surface area contributed by atoms with Gasteiger partial charge in [0.1, 0.15) is 5.01 Å². The maximum Gasteiger partial charge on any atom is 0.206 e. The molecule has 0 saturated heterocycles. The first kappa shape index (κ1) is 16.4. The first-order chi connectivity index (χ1) is 13.2. The topological polar surface area (TPSA) is 76.7 Å². The van der Waals surface area contributed by atoms with Crippen molar-refractivity contribution < 1.29 is 0 Å². The van der Waals surface area contributed by atoms with Crippen LogP contribution in [0.25, 0.3) is 21.3 Å². The van der Waals surface area contributed by atoms with Gasteiger partial charge in [-0.05, 0) is 29.5 Å². The third-order valence-electron chi connectivity index (χ3n) is 5.20. The van der Waals surface area contributed by atoms with Crippen molar-refractivity contribution in [2.45, 2.75) is 17.9 Å². The highest BCUT2D eigenvalue weighted by Crippen LogP contribution is 2.49. The number of aromatic nitrogens is 3. The molecule has 0 spiro atoms. The van der Waals surface area contributed by atoms with Gasteiger partial charge in [-0.1, -0.05) is 53.8 Å². The number of nitrogens with one attached hydrogen (secondary N) is 1. The van der Waals surface area contributed by atoms with Crippen LogP contribution in [-0.4, -0.2) is 27.3 Å². The predicted octanol–water partition coefficient (Wildman–Crippen LogP) is 4.05. The predicted molar refractivity (Wildman–Crippen MR) is 110 cm³/mol. The molecule has 2 aromatic heterocycles. The van der Waals surface area contributed by atoms with E-state index in [1.165, 1.54) is 5.56 Å². The zero-order chi connectivity index (χ0) is 18.3. The lowest BCUT2D eigenvalue weighted by molar-refractivity contribution is 0.683. The zero-order valence-electron chi connectivity index (χ0n) is 14.7. The van der Waals surface area contributed by atoms with Gasteiger partial charge in [0.05, 0.1) is 0 Å². The molecule has 0 amide bonds. The van der Waals surface area contributed by atoms with Crippen molar-refractivity contribution in [1.82, 2.24) is 15.2 Å². The Labute approximate surface area is 161 Å². The minimum absolute atomic E-state index is 0.205. The van der Waals surface area contributed by atoms with E-state index in [0.29, 0.717) is 12.5 Å². The Bertz CT molecular complexity index is 1090. The molecule has 5 rings (SSSR count). The number of nitrogens with two attached hydrogens (primary N) is 1. The summed E-state index contributed by atoms with van der Waals surface area (Å²) in [6.07, 6.45) is 4.67. The van der Waals surface area contributed by atoms with Gasteiger partial charge >= 0.3 is 0 Å². The highest BCUT2D eigenvalue weighted by atomic mass is 32.1. The van der Waals surface area contributed by atoms with E-state index < -0.39 is 0 Å². The summed E-state index contributed by atoms with van der Waals surface area (Å²) in [7, 11) is 0. The van der Waals surface area contributed by atoms with Gasteiger partial charge in [-0.25, -0.2) is 0 Å². The first-order valence-electron chi connectivity index (χ1n) is 8.97. The minimum atomic E-state index is -0.205. The Hall–Kier alpha value is -2.83. The van der Waals surface area contributed by atoms with Gasteiger partial charge in [0, 0.05) is 41.3 Å². The number of hydrogen-bond acceptors (Lipinski definition) is 6. The maximum absolute atomic E-state index is 6.54. The highest BCUT2D eigenvalue weighted by molar-refractivity contribution is 7.18. The zero-order valence-corrected chi connectivity index (χ0v) is 15.5. The van der Waals surface area contributed by atoms with Gasteiger partial charge in [0.25, 0.3) is 0 Å². The van der Waals surface area contributed by atoms with Crippen LogP contribution in [0.2, 0.25) is 0 Å². The van der Waals surface area contributed by atoms with Crippen LogP contribution in [0.5, 0.6) is 0 Å². The fraction of sp³-hybridized carbons (Fsp3) is 0.190. The molecule has 2 aromatic carbocycles. The molecule has 1 aliphatic rings. The Morgan fingerprint density at radius 2 is 1.96 bits per heavy atom. The Kier molecular flexibility index (Phi) is 3.88. The molecule has 2 atom stereocenters. The second kappa shape index (κ2) is 6.40. The second-order valence-electron chi connectivity index (χ2n) is 7.10. The van der Waals surface area contributed by atoms with E-state index in [2.05, 4.69) is 63.0 Å². The lowest BCUT2D eigenvalue weighted by Crippen LogP contribution is -2.33. The molecule has 6 heteroatoms. The standard InChI is InChI=1S/C21H19N5S/c22-21(11-18(21)14-4-2-1-3-5-14)13-24-20-26-25-19(27-20)16-6-7-17-12-23-9-8-15(17)10-16/h1-10,12,18H,11,13,22H2,(H,24,26)/t18-,21+/m0/s1. The van der Waals surface area contributed by atoms with Crippen LogP contribution in [0.1, 0.15) is 17.9 Å². The summed E-state index contributed by atoms with van der Waals surface area (Å²) in [6, 6.07) is 18.7. The molecule has 4 aromatic rings. The van der Waals surface area contributed by atoms with Gasteiger partial charge in [0.2, 0.25) is 5.13 Å². The molecule has 5 nitrogen and oxygen atoms in total. The first-order valence-corrected chi connectivity index (χ1v) is 9.78.